The zero-order valence-electron chi connectivity index (χ0n) is 8.63. The summed E-state index contributed by atoms with van der Waals surface area (Å²) in [5.41, 5.74) is 0.817. The second-order valence-electron chi connectivity index (χ2n) is 3.81. The molecule has 1 heterocycles. The SMILES string of the molecule is CC(C)c1[nH]c(CN(C)C)nc1O. The van der Waals surface area contributed by atoms with E-state index in [2.05, 4.69) is 9.97 Å². The molecule has 0 saturated heterocycles. The zero-order valence-corrected chi connectivity index (χ0v) is 8.63. The van der Waals surface area contributed by atoms with E-state index in [0.717, 1.165) is 18.1 Å². The maximum atomic E-state index is 9.45. The van der Waals surface area contributed by atoms with Gasteiger partial charge in [-0.2, -0.15) is 4.98 Å². The summed E-state index contributed by atoms with van der Waals surface area (Å²) in [6, 6.07) is 0. The Bertz CT molecular complexity index is 278. The van der Waals surface area contributed by atoms with Gasteiger partial charge in [0.2, 0.25) is 5.88 Å². The van der Waals surface area contributed by atoms with E-state index in [0.29, 0.717) is 0 Å². The Morgan fingerprint density at radius 1 is 1.46 bits per heavy atom. The minimum absolute atomic E-state index is 0.131. The van der Waals surface area contributed by atoms with E-state index < -0.39 is 0 Å². The molecule has 0 radical (unpaired) electrons. The van der Waals surface area contributed by atoms with Crippen molar-refractivity contribution >= 4 is 0 Å². The molecule has 0 fully saturated rings. The van der Waals surface area contributed by atoms with Gasteiger partial charge >= 0.3 is 0 Å². The van der Waals surface area contributed by atoms with E-state index in [9.17, 15) is 5.11 Å². The Balaban J connectivity index is 2.82. The number of nitrogens with one attached hydrogen (secondary N) is 1. The van der Waals surface area contributed by atoms with Crippen molar-refractivity contribution in [2.75, 3.05) is 14.1 Å². The second-order valence-corrected chi connectivity index (χ2v) is 3.81. The Kier molecular flexibility index (Phi) is 2.93. The number of rotatable bonds is 3. The van der Waals surface area contributed by atoms with Gasteiger partial charge in [-0.05, 0) is 20.0 Å². The third kappa shape index (κ3) is 2.45. The molecule has 1 aromatic heterocycles. The molecular weight excluding hydrogens is 166 g/mol. The quantitative estimate of drug-likeness (QED) is 0.742. The molecule has 0 aromatic carbocycles. The van der Waals surface area contributed by atoms with Crippen molar-refractivity contribution in [3.8, 4) is 5.88 Å². The van der Waals surface area contributed by atoms with E-state index in [1.54, 1.807) is 0 Å². The van der Waals surface area contributed by atoms with Gasteiger partial charge in [0.1, 0.15) is 5.82 Å². The van der Waals surface area contributed by atoms with Crippen molar-refractivity contribution in [1.82, 2.24) is 14.9 Å². The summed E-state index contributed by atoms with van der Waals surface area (Å²) in [5.74, 6) is 1.22. The smallest absolute Gasteiger partial charge is 0.232 e. The van der Waals surface area contributed by atoms with Crippen LogP contribution >= 0.6 is 0 Å². The van der Waals surface area contributed by atoms with Gasteiger partial charge in [0.15, 0.2) is 0 Å². The molecule has 1 aromatic rings. The summed E-state index contributed by atoms with van der Waals surface area (Å²) < 4.78 is 0. The Morgan fingerprint density at radius 3 is 2.46 bits per heavy atom. The summed E-state index contributed by atoms with van der Waals surface area (Å²) in [4.78, 5) is 9.14. The molecular formula is C9H17N3O. The maximum absolute atomic E-state index is 9.45. The normalized spacial score (nSPS) is 11.5. The van der Waals surface area contributed by atoms with Gasteiger partial charge < -0.3 is 15.0 Å². The van der Waals surface area contributed by atoms with Crippen molar-refractivity contribution in [3.63, 3.8) is 0 Å². The van der Waals surface area contributed by atoms with Gasteiger partial charge in [-0.3, -0.25) is 0 Å². The minimum Gasteiger partial charge on any atom is -0.492 e. The van der Waals surface area contributed by atoms with Crippen molar-refractivity contribution in [1.29, 1.82) is 0 Å². The van der Waals surface area contributed by atoms with Crippen molar-refractivity contribution in [2.24, 2.45) is 0 Å². The standard InChI is InChI=1S/C9H17N3O/c1-6(2)8-9(13)11-7(10-8)5-12(3)4/h6,13H,5H2,1-4H3,(H,10,11). The van der Waals surface area contributed by atoms with Crippen LogP contribution < -0.4 is 0 Å². The number of hydrogen-bond donors (Lipinski definition) is 2. The predicted octanol–water partition coefficient (Wildman–Crippen LogP) is 1.30. The molecule has 74 valence electrons. The number of aromatic amines is 1. The van der Waals surface area contributed by atoms with E-state index in [1.165, 1.54) is 0 Å². The molecule has 2 N–H and O–H groups in total. The van der Waals surface area contributed by atoms with Crippen molar-refractivity contribution in [3.05, 3.63) is 11.5 Å². The van der Waals surface area contributed by atoms with Crippen LogP contribution in [0.4, 0.5) is 0 Å². The van der Waals surface area contributed by atoms with Crippen LogP contribution in [0.15, 0.2) is 0 Å². The van der Waals surface area contributed by atoms with Crippen LogP contribution in [0.3, 0.4) is 0 Å². The number of imidazole rings is 1. The molecule has 0 saturated carbocycles. The highest BCUT2D eigenvalue weighted by molar-refractivity contribution is 5.22. The average Bonchev–Trinajstić information content (AvgIpc) is 2.29. The number of aromatic nitrogens is 2. The molecule has 0 amide bonds. The van der Waals surface area contributed by atoms with Gasteiger partial charge in [0, 0.05) is 0 Å². The Labute approximate surface area is 78.6 Å². The fourth-order valence-corrected chi connectivity index (χ4v) is 1.20. The van der Waals surface area contributed by atoms with Gasteiger partial charge in [-0.15, -0.1) is 0 Å². The summed E-state index contributed by atoms with van der Waals surface area (Å²) >= 11 is 0. The highest BCUT2D eigenvalue weighted by atomic mass is 16.3. The summed E-state index contributed by atoms with van der Waals surface area (Å²) in [6.07, 6.45) is 0. The third-order valence-electron chi connectivity index (χ3n) is 1.80. The molecule has 4 nitrogen and oxygen atoms in total. The third-order valence-corrected chi connectivity index (χ3v) is 1.80. The lowest BCUT2D eigenvalue weighted by Crippen LogP contribution is -2.11. The molecule has 0 bridgehead atoms. The molecule has 13 heavy (non-hydrogen) atoms. The maximum Gasteiger partial charge on any atom is 0.232 e. The van der Waals surface area contributed by atoms with Gasteiger partial charge in [-0.1, -0.05) is 13.8 Å². The molecule has 4 heteroatoms. The first-order chi connectivity index (χ1) is 6.00. The van der Waals surface area contributed by atoms with Crippen molar-refractivity contribution < 1.29 is 5.11 Å². The highest BCUT2D eigenvalue weighted by Gasteiger charge is 2.11. The second kappa shape index (κ2) is 3.79. The van der Waals surface area contributed by atoms with Crippen LogP contribution in [-0.2, 0) is 6.54 Å². The lowest BCUT2D eigenvalue weighted by Gasteiger charge is -2.05. The summed E-state index contributed by atoms with van der Waals surface area (Å²) in [5, 5.41) is 9.45. The number of H-pyrrole nitrogens is 1. The molecule has 0 unspecified atom stereocenters. The first kappa shape index (κ1) is 10.1. The van der Waals surface area contributed by atoms with Gasteiger partial charge in [0.05, 0.1) is 12.2 Å². The van der Waals surface area contributed by atoms with E-state index in [1.807, 2.05) is 32.8 Å². The van der Waals surface area contributed by atoms with Crippen LogP contribution in [0.1, 0.15) is 31.3 Å². The van der Waals surface area contributed by atoms with Crippen LogP contribution in [-0.4, -0.2) is 34.1 Å². The first-order valence-corrected chi connectivity index (χ1v) is 4.43. The number of hydrogen-bond acceptors (Lipinski definition) is 3. The predicted molar refractivity (Wildman–Crippen MR) is 51.7 cm³/mol. The topological polar surface area (TPSA) is 52.2 Å². The van der Waals surface area contributed by atoms with E-state index in [4.69, 9.17) is 0 Å². The van der Waals surface area contributed by atoms with E-state index >= 15 is 0 Å². The van der Waals surface area contributed by atoms with Crippen LogP contribution in [0.2, 0.25) is 0 Å². The molecule has 0 aliphatic rings. The first-order valence-electron chi connectivity index (χ1n) is 4.43. The number of aromatic hydroxyl groups is 1. The molecule has 0 spiro atoms. The minimum atomic E-state index is 0.131. The zero-order chi connectivity index (χ0) is 10.0. The van der Waals surface area contributed by atoms with Crippen LogP contribution in [0.5, 0.6) is 5.88 Å². The van der Waals surface area contributed by atoms with Crippen molar-refractivity contribution in [2.45, 2.75) is 26.3 Å². The average molecular weight is 183 g/mol. The van der Waals surface area contributed by atoms with Gasteiger partial charge in [-0.25, -0.2) is 0 Å². The fraction of sp³-hybridized carbons (Fsp3) is 0.667. The van der Waals surface area contributed by atoms with Crippen LogP contribution in [0, 0.1) is 0 Å². The molecule has 0 aliphatic carbocycles. The highest BCUT2D eigenvalue weighted by Crippen LogP contribution is 2.22. The molecule has 0 aliphatic heterocycles. The number of nitrogens with zero attached hydrogens (tertiary/aromatic N) is 2. The fourth-order valence-electron chi connectivity index (χ4n) is 1.20. The van der Waals surface area contributed by atoms with E-state index in [-0.39, 0.29) is 11.8 Å². The Hall–Kier alpha value is -1.03. The molecule has 0 atom stereocenters. The lowest BCUT2D eigenvalue weighted by atomic mass is 10.1. The largest absolute Gasteiger partial charge is 0.492 e. The summed E-state index contributed by atoms with van der Waals surface area (Å²) in [6.45, 7) is 4.76. The molecule has 1 rings (SSSR count). The monoisotopic (exact) mass is 183 g/mol. The Morgan fingerprint density at radius 2 is 2.08 bits per heavy atom. The van der Waals surface area contributed by atoms with Crippen LogP contribution in [0.25, 0.3) is 0 Å². The lowest BCUT2D eigenvalue weighted by molar-refractivity contribution is 0.388. The van der Waals surface area contributed by atoms with Gasteiger partial charge in [0.25, 0.3) is 0 Å². The summed E-state index contributed by atoms with van der Waals surface area (Å²) in [7, 11) is 3.93.